The van der Waals surface area contributed by atoms with Crippen LogP contribution in [0.25, 0.3) is 0 Å². The van der Waals surface area contributed by atoms with E-state index in [9.17, 15) is 12.8 Å². The molecule has 2 N–H and O–H groups in total. The van der Waals surface area contributed by atoms with Crippen LogP contribution >= 0.6 is 11.8 Å². The zero-order valence-corrected chi connectivity index (χ0v) is 13.7. The van der Waals surface area contributed by atoms with Gasteiger partial charge in [0, 0.05) is 13.1 Å². The maximum atomic E-state index is 13.4. The van der Waals surface area contributed by atoms with Crippen molar-refractivity contribution in [3.8, 4) is 0 Å². The Balaban J connectivity index is 2.12. The minimum atomic E-state index is -3.67. The number of rotatable bonds is 6. The zero-order chi connectivity index (χ0) is 15.3. The third-order valence-corrected chi connectivity index (χ3v) is 6.14. The Morgan fingerprint density at radius 3 is 2.71 bits per heavy atom. The van der Waals surface area contributed by atoms with E-state index in [2.05, 4.69) is 10.0 Å². The summed E-state index contributed by atoms with van der Waals surface area (Å²) < 4.78 is 40.9. The van der Waals surface area contributed by atoms with E-state index in [0.717, 1.165) is 30.4 Å². The summed E-state index contributed by atoms with van der Waals surface area (Å²) in [4.78, 5) is 0.0297. The van der Waals surface area contributed by atoms with Gasteiger partial charge in [-0.25, -0.2) is 17.5 Å². The van der Waals surface area contributed by atoms with Crippen LogP contribution in [0.15, 0.2) is 23.1 Å². The van der Waals surface area contributed by atoms with Gasteiger partial charge in [-0.3, -0.25) is 0 Å². The van der Waals surface area contributed by atoms with Gasteiger partial charge in [-0.2, -0.15) is 11.8 Å². The molecule has 7 heteroatoms. The van der Waals surface area contributed by atoms with Crippen molar-refractivity contribution in [2.75, 3.05) is 25.1 Å². The summed E-state index contributed by atoms with van der Waals surface area (Å²) in [5, 5.41) is 2.90. The van der Waals surface area contributed by atoms with Crippen molar-refractivity contribution in [3.05, 3.63) is 29.6 Å². The fraction of sp³-hybridized carbons (Fsp3) is 0.571. The molecule has 0 radical (unpaired) electrons. The van der Waals surface area contributed by atoms with Gasteiger partial charge in [0.1, 0.15) is 5.82 Å². The number of sulfonamides is 1. The van der Waals surface area contributed by atoms with Gasteiger partial charge in [0.05, 0.1) is 4.90 Å². The highest BCUT2D eigenvalue weighted by atomic mass is 32.2. The highest BCUT2D eigenvalue weighted by molar-refractivity contribution is 7.99. The Morgan fingerprint density at radius 1 is 1.33 bits per heavy atom. The molecule has 4 nitrogen and oxygen atoms in total. The van der Waals surface area contributed by atoms with Crippen molar-refractivity contribution in [2.24, 2.45) is 5.92 Å². The second-order valence-electron chi connectivity index (χ2n) is 5.19. The lowest BCUT2D eigenvalue weighted by Crippen LogP contribution is -2.32. The Hall–Kier alpha value is -0.630. The number of nitrogens with one attached hydrogen (secondary N) is 2. The van der Waals surface area contributed by atoms with Crippen molar-refractivity contribution in [2.45, 2.75) is 24.3 Å². The Bertz CT molecular complexity index is 572. The number of halogens is 1. The predicted octanol–water partition coefficient (Wildman–Crippen LogP) is 1.97. The smallest absolute Gasteiger partial charge is 0.241 e. The third-order valence-electron chi connectivity index (χ3n) is 3.59. The Kier molecular flexibility index (Phi) is 6.04. The Morgan fingerprint density at radius 2 is 2.05 bits per heavy atom. The number of benzene rings is 1. The minimum absolute atomic E-state index is 0.0297. The highest BCUT2D eigenvalue weighted by Gasteiger charge is 2.21. The zero-order valence-electron chi connectivity index (χ0n) is 12.1. The largest absolute Gasteiger partial charge is 0.316 e. The van der Waals surface area contributed by atoms with Gasteiger partial charge in [0.25, 0.3) is 0 Å². The van der Waals surface area contributed by atoms with Crippen molar-refractivity contribution < 1.29 is 12.8 Å². The average Bonchev–Trinajstić information content (AvgIpc) is 2.48. The molecule has 0 bridgehead atoms. The minimum Gasteiger partial charge on any atom is -0.316 e. The standard InChI is InChI=1S/C14H21FN2O2S2/c1-16-10-12-2-3-13(15)8-14(12)21(18,19)17-9-11-4-6-20-7-5-11/h2-3,8,11,16-17H,4-7,9-10H2,1H3. The predicted molar refractivity (Wildman–Crippen MR) is 84.4 cm³/mol. The summed E-state index contributed by atoms with van der Waals surface area (Å²) in [6.45, 7) is 0.814. The molecule has 1 aliphatic heterocycles. The summed E-state index contributed by atoms with van der Waals surface area (Å²) in [5.41, 5.74) is 0.575. The van der Waals surface area contributed by atoms with Crippen LogP contribution in [0.1, 0.15) is 18.4 Å². The lowest BCUT2D eigenvalue weighted by atomic mass is 10.0. The van der Waals surface area contributed by atoms with E-state index in [1.54, 1.807) is 7.05 Å². The summed E-state index contributed by atoms with van der Waals surface area (Å²) in [6.07, 6.45) is 2.05. The van der Waals surface area contributed by atoms with Gasteiger partial charge in [-0.05, 0) is 55.0 Å². The van der Waals surface area contributed by atoms with Crippen LogP contribution in [0.4, 0.5) is 4.39 Å². The van der Waals surface area contributed by atoms with Crippen LogP contribution < -0.4 is 10.0 Å². The van der Waals surface area contributed by atoms with E-state index in [-0.39, 0.29) is 4.90 Å². The van der Waals surface area contributed by atoms with Crippen molar-refractivity contribution in [1.29, 1.82) is 0 Å². The molecular weight excluding hydrogens is 311 g/mol. The van der Waals surface area contributed by atoms with E-state index < -0.39 is 15.8 Å². The summed E-state index contributed by atoms with van der Waals surface area (Å²) in [6, 6.07) is 3.88. The number of hydrogen-bond acceptors (Lipinski definition) is 4. The molecule has 1 aromatic carbocycles. The molecule has 0 amide bonds. The lowest BCUT2D eigenvalue weighted by Gasteiger charge is -2.21. The third kappa shape index (κ3) is 4.67. The normalized spacial score (nSPS) is 17.0. The van der Waals surface area contributed by atoms with Crippen molar-refractivity contribution in [3.63, 3.8) is 0 Å². The first-order valence-corrected chi connectivity index (χ1v) is 9.67. The maximum absolute atomic E-state index is 13.4. The molecule has 0 aliphatic carbocycles. The summed E-state index contributed by atoms with van der Waals surface area (Å²) in [5.74, 6) is 2.00. The molecular formula is C14H21FN2O2S2. The second kappa shape index (κ2) is 7.58. The van der Waals surface area contributed by atoms with Crippen LogP contribution in [0.3, 0.4) is 0 Å². The number of thioether (sulfide) groups is 1. The maximum Gasteiger partial charge on any atom is 0.241 e. The molecule has 0 spiro atoms. The topological polar surface area (TPSA) is 58.2 Å². The molecule has 1 fully saturated rings. The second-order valence-corrected chi connectivity index (χ2v) is 8.15. The van der Waals surface area contributed by atoms with Gasteiger partial charge >= 0.3 is 0 Å². The molecule has 1 saturated heterocycles. The SMILES string of the molecule is CNCc1ccc(F)cc1S(=O)(=O)NCC1CCSCC1. The lowest BCUT2D eigenvalue weighted by molar-refractivity contribution is 0.476. The first kappa shape index (κ1) is 16.7. The molecule has 2 rings (SSSR count). The van der Waals surface area contributed by atoms with Crippen LogP contribution in [-0.2, 0) is 16.6 Å². The van der Waals surface area contributed by atoms with Gasteiger partial charge < -0.3 is 5.32 Å². The molecule has 0 aromatic heterocycles. The number of hydrogen-bond donors (Lipinski definition) is 2. The van der Waals surface area contributed by atoms with E-state index in [4.69, 9.17) is 0 Å². The van der Waals surface area contributed by atoms with Crippen LogP contribution in [-0.4, -0.2) is 33.5 Å². The molecule has 21 heavy (non-hydrogen) atoms. The molecule has 118 valence electrons. The van der Waals surface area contributed by atoms with Crippen LogP contribution in [0, 0.1) is 11.7 Å². The molecule has 1 aliphatic rings. The van der Waals surface area contributed by atoms with Gasteiger partial charge in [0.15, 0.2) is 0 Å². The average molecular weight is 332 g/mol. The summed E-state index contributed by atoms with van der Waals surface area (Å²) >= 11 is 1.90. The molecule has 1 heterocycles. The van der Waals surface area contributed by atoms with Gasteiger partial charge in [-0.1, -0.05) is 6.07 Å². The Labute approximate surface area is 129 Å². The van der Waals surface area contributed by atoms with Gasteiger partial charge in [-0.15, -0.1) is 0 Å². The van der Waals surface area contributed by atoms with Crippen LogP contribution in [0.2, 0.25) is 0 Å². The molecule has 1 aromatic rings. The van der Waals surface area contributed by atoms with Crippen LogP contribution in [0.5, 0.6) is 0 Å². The van der Waals surface area contributed by atoms with Gasteiger partial charge in [0.2, 0.25) is 10.0 Å². The fourth-order valence-corrected chi connectivity index (χ4v) is 4.94. The van der Waals surface area contributed by atoms with E-state index in [0.29, 0.717) is 24.6 Å². The fourth-order valence-electron chi connectivity index (χ4n) is 2.37. The molecule has 0 saturated carbocycles. The van der Waals surface area contributed by atoms with Crippen molar-refractivity contribution >= 4 is 21.8 Å². The summed E-state index contributed by atoms with van der Waals surface area (Å²) in [7, 11) is -1.94. The van der Waals surface area contributed by atoms with E-state index in [1.165, 1.54) is 12.1 Å². The van der Waals surface area contributed by atoms with E-state index in [1.807, 2.05) is 11.8 Å². The monoisotopic (exact) mass is 332 g/mol. The molecule has 0 atom stereocenters. The van der Waals surface area contributed by atoms with Crippen molar-refractivity contribution in [1.82, 2.24) is 10.0 Å². The first-order chi connectivity index (χ1) is 10.0. The quantitative estimate of drug-likeness (QED) is 0.836. The first-order valence-electron chi connectivity index (χ1n) is 7.03. The molecule has 0 unspecified atom stereocenters. The van der Waals surface area contributed by atoms with E-state index >= 15 is 0 Å². The highest BCUT2D eigenvalue weighted by Crippen LogP contribution is 2.23.